The second kappa shape index (κ2) is 8.62. The van der Waals surface area contributed by atoms with E-state index >= 15 is 0 Å². The fourth-order valence-electron chi connectivity index (χ4n) is 3.12. The molecule has 1 aliphatic rings. The van der Waals surface area contributed by atoms with Gasteiger partial charge in [0.15, 0.2) is 0 Å². The van der Waals surface area contributed by atoms with Gasteiger partial charge in [-0.05, 0) is 30.9 Å². The van der Waals surface area contributed by atoms with Crippen molar-refractivity contribution < 1.29 is 0 Å². The van der Waals surface area contributed by atoms with Gasteiger partial charge in [0.25, 0.3) is 0 Å². The van der Waals surface area contributed by atoms with Crippen LogP contribution in [0.4, 0.5) is 11.8 Å². The topological polar surface area (TPSA) is 53.9 Å². The molecular formula is C19H27N5. The van der Waals surface area contributed by atoms with Crippen molar-refractivity contribution in [3.63, 3.8) is 0 Å². The van der Waals surface area contributed by atoms with Gasteiger partial charge in [-0.25, -0.2) is 15.0 Å². The summed E-state index contributed by atoms with van der Waals surface area (Å²) in [5.74, 6) is 1.78. The molecule has 0 bridgehead atoms. The predicted molar refractivity (Wildman–Crippen MR) is 98.3 cm³/mol. The summed E-state index contributed by atoms with van der Waals surface area (Å²) >= 11 is 0. The Morgan fingerprint density at radius 3 is 2.42 bits per heavy atom. The lowest BCUT2D eigenvalue weighted by Crippen LogP contribution is -2.29. The summed E-state index contributed by atoms with van der Waals surface area (Å²) in [7, 11) is 0. The second-order valence-corrected chi connectivity index (χ2v) is 6.36. The Kier molecular flexibility index (Phi) is 5.99. The Bertz CT molecular complexity index is 618. The maximum absolute atomic E-state index is 4.66. The first kappa shape index (κ1) is 16.7. The zero-order chi connectivity index (χ0) is 16.6. The van der Waals surface area contributed by atoms with Crippen LogP contribution < -0.4 is 10.2 Å². The highest BCUT2D eigenvalue weighted by molar-refractivity contribution is 5.48. The van der Waals surface area contributed by atoms with Crippen molar-refractivity contribution in [2.45, 2.75) is 52.0 Å². The van der Waals surface area contributed by atoms with Gasteiger partial charge in [0.2, 0.25) is 5.95 Å². The Balaban J connectivity index is 1.68. The zero-order valence-electron chi connectivity index (χ0n) is 14.5. The standard InChI is InChI=1S/C19H27N5/c1-2-16-13-21-19(22-14-16)23-15-17-9-8-10-20-18(17)24-11-6-4-3-5-7-12-24/h8-10,13-14H,2-7,11-12,15H2,1H3,(H,21,22,23). The minimum atomic E-state index is 0.676. The molecule has 5 heteroatoms. The molecule has 2 aromatic rings. The summed E-state index contributed by atoms with van der Waals surface area (Å²) in [6.45, 7) is 5.01. The van der Waals surface area contributed by atoms with Gasteiger partial charge in [-0.2, -0.15) is 0 Å². The number of nitrogens with one attached hydrogen (secondary N) is 1. The molecule has 5 nitrogen and oxygen atoms in total. The minimum absolute atomic E-state index is 0.676. The summed E-state index contributed by atoms with van der Waals surface area (Å²) in [5, 5.41) is 3.33. The molecule has 0 atom stereocenters. The Morgan fingerprint density at radius 1 is 1.00 bits per heavy atom. The van der Waals surface area contributed by atoms with Crippen LogP contribution in [-0.4, -0.2) is 28.0 Å². The van der Waals surface area contributed by atoms with E-state index in [1.54, 1.807) is 0 Å². The average Bonchev–Trinajstić information content (AvgIpc) is 2.61. The molecule has 1 N–H and O–H groups in total. The second-order valence-electron chi connectivity index (χ2n) is 6.36. The summed E-state index contributed by atoms with van der Waals surface area (Å²) in [5.41, 5.74) is 2.37. The number of nitrogens with zero attached hydrogens (tertiary/aromatic N) is 4. The molecule has 1 saturated heterocycles. The third-order valence-corrected chi connectivity index (χ3v) is 4.57. The van der Waals surface area contributed by atoms with Gasteiger partial charge in [-0.1, -0.05) is 32.3 Å². The summed E-state index contributed by atoms with van der Waals surface area (Å²) in [6, 6.07) is 4.15. The number of hydrogen-bond acceptors (Lipinski definition) is 5. The van der Waals surface area contributed by atoms with Crippen LogP contribution in [0.25, 0.3) is 0 Å². The molecule has 0 aliphatic carbocycles. The van der Waals surface area contributed by atoms with Crippen molar-refractivity contribution in [1.82, 2.24) is 15.0 Å². The Morgan fingerprint density at radius 2 is 1.71 bits per heavy atom. The van der Waals surface area contributed by atoms with Crippen molar-refractivity contribution in [1.29, 1.82) is 0 Å². The van der Waals surface area contributed by atoms with Crippen molar-refractivity contribution in [3.05, 3.63) is 41.9 Å². The van der Waals surface area contributed by atoms with E-state index in [4.69, 9.17) is 0 Å². The Labute approximate surface area is 144 Å². The molecule has 128 valence electrons. The number of aromatic nitrogens is 3. The van der Waals surface area contributed by atoms with Crippen molar-refractivity contribution in [3.8, 4) is 0 Å². The molecule has 0 saturated carbocycles. The monoisotopic (exact) mass is 325 g/mol. The van der Waals surface area contributed by atoms with E-state index in [2.05, 4.69) is 38.2 Å². The first-order valence-electron chi connectivity index (χ1n) is 9.10. The van der Waals surface area contributed by atoms with Gasteiger partial charge in [0, 0.05) is 43.8 Å². The molecule has 0 aromatic carbocycles. The molecule has 0 radical (unpaired) electrons. The van der Waals surface area contributed by atoms with Crippen LogP contribution in [0.1, 0.15) is 50.2 Å². The van der Waals surface area contributed by atoms with E-state index in [9.17, 15) is 0 Å². The maximum atomic E-state index is 4.66. The molecule has 1 fully saturated rings. The van der Waals surface area contributed by atoms with Crippen molar-refractivity contribution >= 4 is 11.8 Å². The first-order valence-corrected chi connectivity index (χ1v) is 9.10. The molecule has 0 amide bonds. The van der Waals surface area contributed by atoms with Gasteiger partial charge < -0.3 is 10.2 Å². The lowest BCUT2D eigenvalue weighted by Gasteiger charge is -2.27. The summed E-state index contributed by atoms with van der Waals surface area (Å²) in [6.07, 6.45) is 13.2. The average molecular weight is 325 g/mol. The van der Waals surface area contributed by atoms with Crippen LogP contribution in [0, 0.1) is 0 Å². The van der Waals surface area contributed by atoms with E-state index in [0.717, 1.165) is 30.9 Å². The van der Waals surface area contributed by atoms with Gasteiger partial charge in [0.1, 0.15) is 5.82 Å². The fourth-order valence-corrected chi connectivity index (χ4v) is 3.12. The maximum Gasteiger partial charge on any atom is 0.222 e. The lowest BCUT2D eigenvalue weighted by atomic mass is 10.1. The van der Waals surface area contributed by atoms with Crippen LogP contribution in [0.15, 0.2) is 30.7 Å². The van der Waals surface area contributed by atoms with E-state index < -0.39 is 0 Å². The SMILES string of the molecule is CCc1cnc(NCc2cccnc2N2CCCCCCC2)nc1. The summed E-state index contributed by atoms with van der Waals surface area (Å²) in [4.78, 5) is 15.9. The number of hydrogen-bond donors (Lipinski definition) is 1. The highest BCUT2D eigenvalue weighted by Crippen LogP contribution is 2.21. The minimum Gasteiger partial charge on any atom is -0.356 e. The highest BCUT2D eigenvalue weighted by atomic mass is 15.2. The van der Waals surface area contributed by atoms with E-state index in [1.165, 1.54) is 37.7 Å². The molecule has 24 heavy (non-hydrogen) atoms. The lowest BCUT2D eigenvalue weighted by molar-refractivity contribution is 0.553. The molecule has 3 rings (SSSR count). The van der Waals surface area contributed by atoms with Gasteiger partial charge in [-0.15, -0.1) is 0 Å². The van der Waals surface area contributed by atoms with E-state index in [1.807, 2.05) is 24.7 Å². The number of rotatable bonds is 5. The third kappa shape index (κ3) is 4.43. The Hall–Kier alpha value is -2.17. The molecule has 2 aromatic heterocycles. The molecule has 0 spiro atoms. The van der Waals surface area contributed by atoms with Crippen LogP contribution in [0.2, 0.25) is 0 Å². The predicted octanol–water partition coefficient (Wildman–Crippen LogP) is 3.82. The number of pyridine rings is 1. The molecule has 0 unspecified atom stereocenters. The normalized spacial score (nSPS) is 15.6. The fraction of sp³-hybridized carbons (Fsp3) is 0.526. The van der Waals surface area contributed by atoms with Crippen LogP contribution in [-0.2, 0) is 13.0 Å². The van der Waals surface area contributed by atoms with Crippen molar-refractivity contribution in [2.75, 3.05) is 23.3 Å². The highest BCUT2D eigenvalue weighted by Gasteiger charge is 2.14. The van der Waals surface area contributed by atoms with E-state index in [-0.39, 0.29) is 0 Å². The van der Waals surface area contributed by atoms with Crippen LogP contribution in [0.5, 0.6) is 0 Å². The van der Waals surface area contributed by atoms with Crippen LogP contribution >= 0.6 is 0 Å². The molecule has 3 heterocycles. The quantitative estimate of drug-likeness (QED) is 0.906. The van der Waals surface area contributed by atoms with Crippen molar-refractivity contribution in [2.24, 2.45) is 0 Å². The number of anilines is 2. The smallest absolute Gasteiger partial charge is 0.222 e. The first-order chi connectivity index (χ1) is 11.9. The number of aryl methyl sites for hydroxylation is 1. The molecule has 1 aliphatic heterocycles. The summed E-state index contributed by atoms with van der Waals surface area (Å²) < 4.78 is 0. The third-order valence-electron chi connectivity index (χ3n) is 4.57. The van der Waals surface area contributed by atoms with Gasteiger partial charge in [-0.3, -0.25) is 0 Å². The van der Waals surface area contributed by atoms with Gasteiger partial charge in [0.05, 0.1) is 0 Å². The molecular weight excluding hydrogens is 298 g/mol. The zero-order valence-corrected chi connectivity index (χ0v) is 14.5. The van der Waals surface area contributed by atoms with E-state index in [0.29, 0.717) is 12.5 Å². The van der Waals surface area contributed by atoms with Gasteiger partial charge >= 0.3 is 0 Å². The van der Waals surface area contributed by atoms with Crippen LogP contribution in [0.3, 0.4) is 0 Å². The largest absolute Gasteiger partial charge is 0.356 e.